The number of hydrogen-bond donors (Lipinski definition) is 2. The van der Waals surface area contributed by atoms with Crippen molar-refractivity contribution in [1.29, 1.82) is 0 Å². The minimum atomic E-state index is -4.90. The Balaban J connectivity index is 2.08. The molecule has 0 radical (unpaired) electrons. The molecule has 3 N–H and O–H groups in total. The molecule has 0 spiro atoms. The van der Waals surface area contributed by atoms with Gasteiger partial charge in [0.25, 0.3) is 0 Å². The van der Waals surface area contributed by atoms with E-state index in [1.165, 1.54) is 12.1 Å². The SMILES string of the molecule is Cc1cc(C)cc(COc2cccc(CC(N)(O)C(F)(F)F)c2)c1. The first-order chi connectivity index (χ1) is 11.1. The van der Waals surface area contributed by atoms with Crippen LogP contribution in [0.2, 0.25) is 0 Å². The first-order valence-electron chi connectivity index (χ1n) is 7.44. The van der Waals surface area contributed by atoms with E-state index in [-0.39, 0.29) is 5.56 Å². The number of ether oxygens (including phenoxy) is 1. The maximum absolute atomic E-state index is 12.7. The lowest BCUT2D eigenvalue weighted by molar-refractivity contribution is -0.257. The minimum Gasteiger partial charge on any atom is -0.489 e. The Morgan fingerprint density at radius 1 is 1.00 bits per heavy atom. The van der Waals surface area contributed by atoms with Gasteiger partial charge < -0.3 is 9.84 Å². The van der Waals surface area contributed by atoms with Gasteiger partial charge in [0.15, 0.2) is 0 Å². The summed E-state index contributed by atoms with van der Waals surface area (Å²) in [7, 11) is 0. The summed E-state index contributed by atoms with van der Waals surface area (Å²) in [5, 5.41) is 9.38. The van der Waals surface area contributed by atoms with E-state index >= 15 is 0 Å². The number of aliphatic hydroxyl groups is 1. The molecule has 24 heavy (non-hydrogen) atoms. The molecule has 0 aliphatic rings. The van der Waals surface area contributed by atoms with Gasteiger partial charge in [-0.15, -0.1) is 0 Å². The van der Waals surface area contributed by atoms with E-state index in [0.717, 1.165) is 16.7 Å². The van der Waals surface area contributed by atoms with E-state index in [4.69, 9.17) is 10.5 Å². The standard InChI is InChI=1S/C18H20F3NO2/c1-12-6-13(2)8-15(7-12)11-24-16-5-3-4-14(9-16)10-17(22,23)18(19,20)21/h3-9,23H,10-11,22H2,1-2H3. The van der Waals surface area contributed by atoms with E-state index in [1.807, 2.05) is 32.0 Å². The van der Waals surface area contributed by atoms with E-state index < -0.39 is 18.3 Å². The molecule has 0 bridgehead atoms. The molecular weight excluding hydrogens is 319 g/mol. The predicted molar refractivity (Wildman–Crippen MR) is 85.6 cm³/mol. The minimum absolute atomic E-state index is 0.246. The van der Waals surface area contributed by atoms with Crippen LogP contribution in [0.25, 0.3) is 0 Å². The topological polar surface area (TPSA) is 55.5 Å². The van der Waals surface area contributed by atoms with Crippen molar-refractivity contribution in [2.24, 2.45) is 5.73 Å². The number of halogens is 3. The van der Waals surface area contributed by atoms with Crippen molar-refractivity contribution >= 4 is 0 Å². The summed E-state index contributed by atoms with van der Waals surface area (Å²) in [6.07, 6.45) is -5.64. The Bertz CT molecular complexity index is 691. The zero-order chi connectivity index (χ0) is 18.0. The summed E-state index contributed by atoms with van der Waals surface area (Å²) in [6, 6.07) is 12.1. The van der Waals surface area contributed by atoms with Crippen LogP contribution in [-0.4, -0.2) is 17.0 Å². The normalized spacial score (nSPS) is 14.3. The van der Waals surface area contributed by atoms with Gasteiger partial charge in [-0.2, -0.15) is 13.2 Å². The monoisotopic (exact) mass is 339 g/mol. The van der Waals surface area contributed by atoms with Crippen LogP contribution in [0.15, 0.2) is 42.5 Å². The molecule has 0 saturated carbocycles. The number of alkyl halides is 3. The zero-order valence-corrected chi connectivity index (χ0v) is 13.5. The first kappa shape index (κ1) is 18.3. The second-order valence-electron chi connectivity index (χ2n) is 6.03. The van der Waals surface area contributed by atoms with Gasteiger partial charge in [0.1, 0.15) is 12.4 Å². The van der Waals surface area contributed by atoms with Gasteiger partial charge in [0, 0.05) is 6.42 Å². The number of benzene rings is 2. The van der Waals surface area contributed by atoms with Crippen LogP contribution in [0.4, 0.5) is 13.2 Å². The van der Waals surface area contributed by atoms with Crippen molar-refractivity contribution in [3.63, 3.8) is 0 Å². The Morgan fingerprint density at radius 3 is 2.21 bits per heavy atom. The Hall–Kier alpha value is -2.05. The van der Waals surface area contributed by atoms with Crippen LogP contribution < -0.4 is 10.5 Å². The molecule has 2 aromatic carbocycles. The predicted octanol–water partition coefficient (Wildman–Crippen LogP) is 3.63. The van der Waals surface area contributed by atoms with Crippen molar-refractivity contribution in [3.05, 3.63) is 64.7 Å². The highest BCUT2D eigenvalue weighted by Gasteiger charge is 2.50. The fraction of sp³-hybridized carbons (Fsp3) is 0.333. The molecule has 6 heteroatoms. The Morgan fingerprint density at radius 2 is 1.62 bits per heavy atom. The molecule has 0 amide bonds. The van der Waals surface area contributed by atoms with Crippen molar-refractivity contribution in [3.8, 4) is 5.75 Å². The Kier molecular flexibility index (Phi) is 5.20. The van der Waals surface area contributed by atoms with Gasteiger partial charge >= 0.3 is 6.18 Å². The number of rotatable bonds is 5. The summed E-state index contributed by atoms with van der Waals surface area (Å²) >= 11 is 0. The quantitative estimate of drug-likeness (QED) is 0.818. The highest BCUT2D eigenvalue weighted by molar-refractivity contribution is 5.31. The molecule has 2 rings (SSSR count). The fourth-order valence-corrected chi connectivity index (χ4v) is 2.48. The maximum Gasteiger partial charge on any atom is 0.431 e. The molecule has 0 heterocycles. The summed E-state index contributed by atoms with van der Waals surface area (Å²) in [5.74, 6) is 0.421. The summed E-state index contributed by atoms with van der Waals surface area (Å²) in [5.41, 5.74) is 5.14. The van der Waals surface area contributed by atoms with Crippen molar-refractivity contribution in [1.82, 2.24) is 0 Å². The lowest BCUT2D eigenvalue weighted by Crippen LogP contribution is -2.55. The highest BCUT2D eigenvalue weighted by Crippen LogP contribution is 2.30. The lowest BCUT2D eigenvalue weighted by atomic mass is 10.0. The molecule has 130 valence electrons. The van der Waals surface area contributed by atoms with Crippen LogP contribution >= 0.6 is 0 Å². The van der Waals surface area contributed by atoms with Crippen LogP contribution in [-0.2, 0) is 13.0 Å². The largest absolute Gasteiger partial charge is 0.489 e. The molecule has 2 aromatic rings. The molecule has 0 aliphatic heterocycles. The van der Waals surface area contributed by atoms with Crippen LogP contribution in [0.3, 0.4) is 0 Å². The summed E-state index contributed by atoms with van der Waals surface area (Å²) < 4.78 is 43.6. The summed E-state index contributed by atoms with van der Waals surface area (Å²) in [6.45, 7) is 4.27. The molecule has 0 saturated heterocycles. The number of aryl methyl sites for hydroxylation is 2. The number of hydrogen-bond acceptors (Lipinski definition) is 3. The van der Waals surface area contributed by atoms with E-state index in [2.05, 4.69) is 0 Å². The first-order valence-corrected chi connectivity index (χ1v) is 7.44. The summed E-state index contributed by atoms with van der Waals surface area (Å²) in [4.78, 5) is 0. The van der Waals surface area contributed by atoms with Gasteiger partial charge in [-0.25, -0.2) is 0 Å². The smallest absolute Gasteiger partial charge is 0.431 e. The molecule has 0 aliphatic carbocycles. The van der Waals surface area contributed by atoms with E-state index in [1.54, 1.807) is 12.1 Å². The van der Waals surface area contributed by atoms with E-state index in [0.29, 0.717) is 12.4 Å². The third kappa shape index (κ3) is 4.72. The molecule has 1 atom stereocenters. The molecule has 0 aromatic heterocycles. The number of nitrogens with two attached hydrogens (primary N) is 1. The molecular formula is C18H20F3NO2. The van der Waals surface area contributed by atoms with Crippen molar-refractivity contribution in [2.75, 3.05) is 0 Å². The van der Waals surface area contributed by atoms with Gasteiger partial charge in [-0.3, -0.25) is 5.73 Å². The van der Waals surface area contributed by atoms with E-state index in [9.17, 15) is 18.3 Å². The second kappa shape index (κ2) is 6.83. The second-order valence-corrected chi connectivity index (χ2v) is 6.03. The maximum atomic E-state index is 12.7. The van der Waals surface area contributed by atoms with Gasteiger partial charge in [0.05, 0.1) is 0 Å². The van der Waals surface area contributed by atoms with Crippen molar-refractivity contribution < 1.29 is 23.0 Å². The van der Waals surface area contributed by atoms with Gasteiger partial charge in [-0.05, 0) is 37.1 Å². The average molecular weight is 339 g/mol. The van der Waals surface area contributed by atoms with Crippen molar-refractivity contribution in [2.45, 2.75) is 38.8 Å². The molecule has 3 nitrogen and oxygen atoms in total. The van der Waals surface area contributed by atoms with Gasteiger partial charge in [-0.1, -0.05) is 41.5 Å². The zero-order valence-electron chi connectivity index (χ0n) is 13.5. The van der Waals surface area contributed by atoms with Crippen LogP contribution in [0, 0.1) is 13.8 Å². The molecule has 1 unspecified atom stereocenters. The van der Waals surface area contributed by atoms with Crippen LogP contribution in [0.1, 0.15) is 22.3 Å². The third-order valence-corrected chi connectivity index (χ3v) is 3.55. The Labute approximate surface area is 138 Å². The third-order valence-electron chi connectivity index (χ3n) is 3.55. The molecule has 0 fully saturated rings. The van der Waals surface area contributed by atoms with Crippen LogP contribution in [0.5, 0.6) is 5.75 Å². The van der Waals surface area contributed by atoms with Gasteiger partial charge in [0.2, 0.25) is 5.72 Å². The highest BCUT2D eigenvalue weighted by atomic mass is 19.4. The average Bonchev–Trinajstić information content (AvgIpc) is 2.43. The fourth-order valence-electron chi connectivity index (χ4n) is 2.48. The lowest BCUT2D eigenvalue weighted by Gasteiger charge is -2.26.